The van der Waals surface area contributed by atoms with Crippen LogP contribution in [0.15, 0.2) is 5.38 Å². The summed E-state index contributed by atoms with van der Waals surface area (Å²) in [5.74, 6) is 0. The molecule has 0 fully saturated rings. The molecule has 0 saturated heterocycles. The zero-order chi connectivity index (χ0) is 12.2. The van der Waals surface area contributed by atoms with Crippen LogP contribution < -0.4 is 5.32 Å². The van der Waals surface area contributed by atoms with Crippen molar-refractivity contribution in [3.63, 3.8) is 0 Å². The van der Waals surface area contributed by atoms with Crippen LogP contribution in [0.2, 0.25) is 0 Å². The molecule has 4 heteroatoms. The van der Waals surface area contributed by atoms with Crippen molar-refractivity contribution in [1.29, 1.82) is 0 Å². The molecule has 1 heterocycles. The minimum atomic E-state index is 0.152. The SMILES string of the molecule is CC(Cl)CCNCc1nc(C(C)(C)C)cs1. The van der Waals surface area contributed by atoms with Crippen LogP contribution in [0.5, 0.6) is 0 Å². The molecule has 0 spiro atoms. The summed E-state index contributed by atoms with van der Waals surface area (Å²) in [5.41, 5.74) is 1.33. The highest BCUT2D eigenvalue weighted by Crippen LogP contribution is 2.23. The van der Waals surface area contributed by atoms with Crippen molar-refractivity contribution in [1.82, 2.24) is 10.3 Å². The van der Waals surface area contributed by atoms with Gasteiger partial charge in [0.1, 0.15) is 5.01 Å². The quantitative estimate of drug-likeness (QED) is 0.647. The third-order valence-corrected chi connectivity index (χ3v) is 3.38. The summed E-state index contributed by atoms with van der Waals surface area (Å²) in [6.07, 6.45) is 0.999. The molecule has 1 atom stereocenters. The first kappa shape index (κ1) is 13.9. The van der Waals surface area contributed by atoms with Gasteiger partial charge >= 0.3 is 0 Å². The lowest BCUT2D eigenvalue weighted by Crippen LogP contribution is -2.17. The topological polar surface area (TPSA) is 24.9 Å². The molecule has 0 aliphatic rings. The maximum Gasteiger partial charge on any atom is 0.107 e. The summed E-state index contributed by atoms with van der Waals surface area (Å²) in [4.78, 5) is 4.62. The van der Waals surface area contributed by atoms with E-state index >= 15 is 0 Å². The molecule has 0 aliphatic carbocycles. The molecule has 2 nitrogen and oxygen atoms in total. The van der Waals surface area contributed by atoms with E-state index in [0.29, 0.717) is 0 Å². The Kier molecular flexibility index (Phi) is 5.22. The maximum absolute atomic E-state index is 5.87. The third kappa shape index (κ3) is 4.81. The van der Waals surface area contributed by atoms with Crippen LogP contribution in [0.3, 0.4) is 0 Å². The Bertz CT molecular complexity index is 315. The van der Waals surface area contributed by atoms with Gasteiger partial charge in [0.05, 0.1) is 5.69 Å². The van der Waals surface area contributed by atoms with E-state index in [1.54, 1.807) is 11.3 Å². The van der Waals surface area contributed by atoms with Crippen molar-refractivity contribution in [2.75, 3.05) is 6.54 Å². The Balaban J connectivity index is 2.36. The van der Waals surface area contributed by atoms with Crippen molar-refractivity contribution in [3.8, 4) is 0 Å². The minimum absolute atomic E-state index is 0.152. The lowest BCUT2D eigenvalue weighted by atomic mass is 9.93. The molecule has 0 saturated carbocycles. The van der Waals surface area contributed by atoms with Gasteiger partial charge in [0.25, 0.3) is 0 Å². The van der Waals surface area contributed by atoms with Gasteiger partial charge in [0.2, 0.25) is 0 Å². The summed E-state index contributed by atoms with van der Waals surface area (Å²) >= 11 is 7.60. The van der Waals surface area contributed by atoms with Crippen molar-refractivity contribution >= 4 is 22.9 Å². The van der Waals surface area contributed by atoms with Gasteiger partial charge in [-0.05, 0) is 19.9 Å². The van der Waals surface area contributed by atoms with Gasteiger partial charge in [0.15, 0.2) is 0 Å². The number of nitrogens with zero attached hydrogens (tertiary/aromatic N) is 1. The zero-order valence-corrected chi connectivity index (χ0v) is 12.1. The van der Waals surface area contributed by atoms with E-state index in [9.17, 15) is 0 Å². The Morgan fingerprint density at radius 2 is 2.19 bits per heavy atom. The first-order chi connectivity index (χ1) is 7.39. The highest BCUT2D eigenvalue weighted by Gasteiger charge is 2.16. The first-order valence-electron chi connectivity index (χ1n) is 5.69. The van der Waals surface area contributed by atoms with Crippen LogP contribution in [0, 0.1) is 0 Å². The molecule has 1 unspecified atom stereocenters. The van der Waals surface area contributed by atoms with E-state index in [0.717, 1.165) is 24.5 Å². The van der Waals surface area contributed by atoms with Gasteiger partial charge in [-0.2, -0.15) is 0 Å². The fourth-order valence-electron chi connectivity index (χ4n) is 1.23. The van der Waals surface area contributed by atoms with Crippen LogP contribution in [0.25, 0.3) is 0 Å². The molecule has 0 aliphatic heterocycles. The number of rotatable bonds is 5. The molecule has 1 aromatic heterocycles. The van der Waals surface area contributed by atoms with Crippen LogP contribution in [0.1, 0.15) is 44.8 Å². The highest BCUT2D eigenvalue weighted by molar-refractivity contribution is 7.09. The van der Waals surface area contributed by atoms with Gasteiger partial charge in [-0.1, -0.05) is 20.8 Å². The van der Waals surface area contributed by atoms with Gasteiger partial charge < -0.3 is 5.32 Å². The molecule has 0 radical (unpaired) electrons. The maximum atomic E-state index is 5.87. The number of alkyl halides is 1. The Labute approximate surface area is 107 Å². The summed E-state index contributed by atoms with van der Waals surface area (Å²) < 4.78 is 0. The molecule has 1 aromatic rings. The van der Waals surface area contributed by atoms with E-state index in [1.165, 1.54) is 5.69 Å². The standard InChI is InChI=1S/C12H21ClN2S/c1-9(13)5-6-14-7-11-15-10(8-16-11)12(2,3)4/h8-9,14H,5-7H2,1-4H3. The Hall–Kier alpha value is -0.120. The molecular formula is C12H21ClN2S. The predicted molar refractivity (Wildman–Crippen MR) is 72.5 cm³/mol. The average Bonchev–Trinajstić information content (AvgIpc) is 2.59. The highest BCUT2D eigenvalue weighted by atomic mass is 35.5. The second-order valence-electron chi connectivity index (χ2n) is 5.12. The minimum Gasteiger partial charge on any atom is -0.310 e. The van der Waals surface area contributed by atoms with Gasteiger partial charge in [0, 0.05) is 22.7 Å². The molecule has 0 amide bonds. The second kappa shape index (κ2) is 5.99. The number of nitrogens with one attached hydrogen (secondary N) is 1. The molecule has 1 N–H and O–H groups in total. The van der Waals surface area contributed by atoms with Crippen molar-refractivity contribution in [2.24, 2.45) is 0 Å². The van der Waals surface area contributed by atoms with Crippen LogP contribution in [-0.2, 0) is 12.0 Å². The van der Waals surface area contributed by atoms with E-state index in [2.05, 4.69) is 36.5 Å². The van der Waals surface area contributed by atoms with Gasteiger partial charge in [-0.15, -0.1) is 22.9 Å². The smallest absolute Gasteiger partial charge is 0.107 e. The fraction of sp³-hybridized carbons (Fsp3) is 0.750. The van der Waals surface area contributed by atoms with Crippen LogP contribution >= 0.6 is 22.9 Å². The molecule has 16 heavy (non-hydrogen) atoms. The van der Waals surface area contributed by atoms with Crippen LogP contribution in [0.4, 0.5) is 0 Å². The molecule has 92 valence electrons. The Morgan fingerprint density at radius 1 is 1.50 bits per heavy atom. The average molecular weight is 261 g/mol. The van der Waals surface area contributed by atoms with Gasteiger partial charge in [-0.25, -0.2) is 4.98 Å². The number of aromatic nitrogens is 1. The normalized spacial score (nSPS) is 14.1. The lowest BCUT2D eigenvalue weighted by Gasteiger charge is -2.14. The molecular weight excluding hydrogens is 240 g/mol. The van der Waals surface area contributed by atoms with Crippen molar-refractivity contribution in [2.45, 2.75) is 51.5 Å². The largest absolute Gasteiger partial charge is 0.310 e. The summed E-state index contributed by atoms with van der Waals surface area (Å²) in [5, 5.41) is 6.92. The third-order valence-electron chi connectivity index (χ3n) is 2.32. The van der Waals surface area contributed by atoms with E-state index in [-0.39, 0.29) is 10.8 Å². The molecule has 1 rings (SSSR count). The van der Waals surface area contributed by atoms with E-state index in [4.69, 9.17) is 11.6 Å². The van der Waals surface area contributed by atoms with Crippen molar-refractivity contribution < 1.29 is 0 Å². The summed E-state index contributed by atoms with van der Waals surface area (Å²) in [7, 11) is 0. The molecule has 0 bridgehead atoms. The fourth-order valence-corrected chi connectivity index (χ4v) is 2.33. The number of thiazole rings is 1. The van der Waals surface area contributed by atoms with Crippen LogP contribution in [-0.4, -0.2) is 16.9 Å². The lowest BCUT2D eigenvalue weighted by molar-refractivity contribution is 0.567. The summed E-state index contributed by atoms with van der Waals surface area (Å²) in [6.45, 7) is 10.4. The predicted octanol–water partition coefficient (Wildman–Crippen LogP) is 3.55. The van der Waals surface area contributed by atoms with Gasteiger partial charge in [-0.3, -0.25) is 0 Å². The monoisotopic (exact) mass is 260 g/mol. The van der Waals surface area contributed by atoms with E-state index < -0.39 is 0 Å². The van der Waals surface area contributed by atoms with Crippen molar-refractivity contribution in [3.05, 3.63) is 16.1 Å². The Morgan fingerprint density at radius 3 is 2.69 bits per heavy atom. The first-order valence-corrected chi connectivity index (χ1v) is 7.01. The number of hydrogen-bond acceptors (Lipinski definition) is 3. The summed E-state index contributed by atoms with van der Waals surface area (Å²) in [6, 6.07) is 0. The zero-order valence-electron chi connectivity index (χ0n) is 10.5. The van der Waals surface area contributed by atoms with E-state index in [1.807, 2.05) is 6.92 Å². The number of hydrogen-bond donors (Lipinski definition) is 1. The molecule has 0 aromatic carbocycles. The number of halogens is 1. The second-order valence-corrected chi connectivity index (χ2v) is 6.81.